The van der Waals surface area contributed by atoms with Gasteiger partial charge in [-0.2, -0.15) is 0 Å². The number of aliphatic carboxylic acids is 1. The van der Waals surface area contributed by atoms with Crippen LogP contribution in [0.5, 0.6) is 11.5 Å². The molecule has 1 aliphatic heterocycles. The molecule has 1 atom stereocenters. The SMILES string of the molecule is COc1ccc(C2=NOC(C(=O)O)C2)c(Cl)c1OC. The molecule has 1 N–H and O–H groups in total. The molecule has 102 valence electrons. The molecule has 2 rings (SSSR count). The number of ether oxygens (including phenoxy) is 2. The fraction of sp³-hybridized carbons (Fsp3) is 0.333. The van der Waals surface area contributed by atoms with E-state index in [2.05, 4.69) is 5.16 Å². The van der Waals surface area contributed by atoms with Gasteiger partial charge in [0.25, 0.3) is 0 Å². The summed E-state index contributed by atoms with van der Waals surface area (Å²) in [6.45, 7) is 0. The number of benzene rings is 1. The molecule has 0 radical (unpaired) electrons. The van der Waals surface area contributed by atoms with Crippen LogP contribution >= 0.6 is 11.6 Å². The van der Waals surface area contributed by atoms with E-state index >= 15 is 0 Å². The zero-order chi connectivity index (χ0) is 14.0. The van der Waals surface area contributed by atoms with E-state index < -0.39 is 12.1 Å². The molecule has 1 aromatic rings. The summed E-state index contributed by atoms with van der Waals surface area (Å²) in [5, 5.41) is 12.9. The highest BCUT2D eigenvalue weighted by Crippen LogP contribution is 2.38. The number of carboxylic acid groups (broad SMARTS) is 1. The first kappa shape index (κ1) is 13.5. The largest absolute Gasteiger partial charge is 0.493 e. The van der Waals surface area contributed by atoms with Crippen molar-refractivity contribution in [2.45, 2.75) is 12.5 Å². The van der Waals surface area contributed by atoms with E-state index in [4.69, 9.17) is 31.0 Å². The highest BCUT2D eigenvalue weighted by atomic mass is 35.5. The number of oxime groups is 1. The summed E-state index contributed by atoms with van der Waals surface area (Å²) < 4.78 is 10.3. The average Bonchev–Trinajstić information content (AvgIpc) is 2.87. The molecule has 1 heterocycles. The molecule has 0 saturated heterocycles. The third-order valence-electron chi connectivity index (χ3n) is 2.74. The molecule has 7 heteroatoms. The van der Waals surface area contributed by atoms with E-state index in [0.29, 0.717) is 27.8 Å². The van der Waals surface area contributed by atoms with Crippen LogP contribution in [-0.2, 0) is 9.63 Å². The van der Waals surface area contributed by atoms with Gasteiger partial charge in [-0.1, -0.05) is 16.8 Å². The summed E-state index contributed by atoms with van der Waals surface area (Å²) in [4.78, 5) is 15.6. The van der Waals surface area contributed by atoms with Crippen LogP contribution in [0, 0.1) is 0 Å². The van der Waals surface area contributed by atoms with E-state index in [1.165, 1.54) is 14.2 Å². The van der Waals surface area contributed by atoms with Crippen molar-refractivity contribution >= 4 is 23.3 Å². The van der Waals surface area contributed by atoms with Crippen molar-refractivity contribution in [2.24, 2.45) is 5.16 Å². The Labute approximate surface area is 114 Å². The van der Waals surface area contributed by atoms with Crippen molar-refractivity contribution in [3.05, 3.63) is 22.7 Å². The molecule has 0 bridgehead atoms. The van der Waals surface area contributed by atoms with E-state index in [0.717, 1.165) is 0 Å². The van der Waals surface area contributed by atoms with Crippen LogP contribution < -0.4 is 9.47 Å². The first-order chi connectivity index (χ1) is 9.08. The zero-order valence-electron chi connectivity index (χ0n) is 10.3. The van der Waals surface area contributed by atoms with Crippen molar-refractivity contribution in [3.63, 3.8) is 0 Å². The van der Waals surface area contributed by atoms with E-state index in [9.17, 15) is 4.79 Å². The van der Waals surface area contributed by atoms with Crippen molar-refractivity contribution < 1.29 is 24.2 Å². The van der Waals surface area contributed by atoms with E-state index in [1.807, 2.05) is 0 Å². The highest BCUT2D eigenvalue weighted by Gasteiger charge is 2.30. The topological polar surface area (TPSA) is 77.4 Å². The Bertz CT molecular complexity index is 543. The van der Waals surface area contributed by atoms with Crippen LogP contribution in [0.4, 0.5) is 0 Å². The maximum Gasteiger partial charge on any atom is 0.348 e. The molecule has 0 saturated carbocycles. The lowest BCUT2D eigenvalue weighted by atomic mass is 10.0. The third kappa shape index (κ3) is 2.44. The highest BCUT2D eigenvalue weighted by molar-refractivity contribution is 6.36. The molecule has 1 aromatic carbocycles. The zero-order valence-corrected chi connectivity index (χ0v) is 11.1. The molecule has 1 unspecified atom stereocenters. The molecular weight excluding hydrogens is 274 g/mol. The molecule has 0 fully saturated rings. The summed E-state index contributed by atoms with van der Waals surface area (Å²) in [6, 6.07) is 3.37. The van der Waals surface area contributed by atoms with Gasteiger partial charge in [-0.15, -0.1) is 0 Å². The molecule has 0 aliphatic carbocycles. The van der Waals surface area contributed by atoms with Gasteiger partial charge in [0, 0.05) is 12.0 Å². The number of carbonyl (C=O) groups is 1. The maximum absolute atomic E-state index is 10.8. The number of hydrogen-bond donors (Lipinski definition) is 1. The molecule has 0 amide bonds. The number of carboxylic acids is 1. The first-order valence-corrected chi connectivity index (χ1v) is 5.82. The van der Waals surface area contributed by atoms with Crippen molar-refractivity contribution in [2.75, 3.05) is 14.2 Å². The fourth-order valence-corrected chi connectivity index (χ4v) is 2.12. The summed E-state index contributed by atoms with van der Waals surface area (Å²) in [6.07, 6.45) is -0.816. The van der Waals surface area contributed by atoms with Gasteiger partial charge in [-0.05, 0) is 12.1 Å². The van der Waals surface area contributed by atoms with E-state index in [1.54, 1.807) is 12.1 Å². The van der Waals surface area contributed by atoms with Crippen LogP contribution in [0.1, 0.15) is 12.0 Å². The lowest BCUT2D eigenvalue weighted by molar-refractivity contribution is -0.148. The Balaban J connectivity index is 2.35. The quantitative estimate of drug-likeness (QED) is 0.915. The van der Waals surface area contributed by atoms with Gasteiger partial charge in [0.15, 0.2) is 11.5 Å². The van der Waals surface area contributed by atoms with Crippen LogP contribution in [-0.4, -0.2) is 37.1 Å². The van der Waals surface area contributed by atoms with Gasteiger partial charge in [0.2, 0.25) is 6.10 Å². The lowest BCUT2D eigenvalue weighted by Gasteiger charge is -2.12. The van der Waals surface area contributed by atoms with Crippen molar-refractivity contribution in [1.29, 1.82) is 0 Å². The number of rotatable bonds is 4. The Morgan fingerprint density at radius 2 is 2.21 bits per heavy atom. The Kier molecular flexibility index (Phi) is 3.80. The minimum Gasteiger partial charge on any atom is -0.493 e. The lowest BCUT2D eigenvalue weighted by Crippen LogP contribution is -2.20. The predicted octanol–water partition coefficient (Wildman–Crippen LogP) is 1.93. The van der Waals surface area contributed by atoms with Gasteiger partial charge in [0.05, 0.1) is 25.0 Å². The van der Waals surface area contributed by atoms with Gasteiger partial charge in [0.1, 0.15) is 0 Å². The monoisotopic (exact) mass is 285 g/mol. The minimum absolute atomic E-state index is 0.157. The fourth-order valence-electron chi connectivity index (χ4n) is 1.78. The second kappa shape index (κ2) is 5.36. The van der Waals surface area contributed by atoms with Gasteiger partial charge >= 0.3 is 5.97 Å². The number of methoxy groups -OCH3 is 2. The van der Waals surface area contributed by atoms with Gasteiger partial charge < -0.3 is 19.4 Å². The number of nitrogens with zero attached hydrogens (tertiary/aromatic N) is 1. The van der Waals surface area contributed by atoms with Crippen LogP contribution in [0.25, 0.3) is 0 Å². The summed E-state index contributed by atoms with van der Waals surface area (Å²) >= 11 is 6.21. The summed E-state index contributed by atoms with van der Waals surface area (Å²) in [7, 11) is 2.98. The van der Waals surface area contributed by atoms with E-state index in [-0.39, 0.29) is 6.42 Å². The number of hydrogen-bond acceptors (Lipinski definition) is 5. The van der Waals surface area contributed by atoms with Crippen LogP contribution in [0.3, 0.4) is 0 Å². The van der Waals surface area contributed by atoms with Gasteiger partial charge in [-0.25, -0.2) is 4.79 Å². The summed E-state index contributed by atoms with van der Waals surface area (Å²) in [5.41, 5.74) is 1.04. The molecule has 19 heavy (non-hydrogen) atoms. The number of halogens is 1. The molecule has 6 nitrogen and oxygen atoms in total. The second-order valence-electron chi connectivity index (χ2n) is 3.84. The second-order valence-corrected chi connectivity index (χ2v) is 4.21. The molecule has 0 aromatic heterocycles. The van der Waals surface area contributed by atoms with Crippen LogP contribution in [0.2, 0.25) is 5.02 Å². The summed E-state index contributed by atoms with van der Waals surface area (Å²) in [5.74, 6) is -0.191. The maximum atomic E-state index is 10.8. The standard InChI is InChI=1S/C12H12ClNO5/c1-17-8-4-3-6(10(13)11(8)18-2)7-5-9(12(15)16)19-14-7/h3-4,9H,5H2,1-2H3,(H,15,16). The Morgan fingerprint density at radius 3 is 2.74 bits per heavy atom. The van der Waals surface area contributed by atoms with Crippen molar-refractivity contribution in [3.8, 4) is 11.5 Å². The Morgan fingerprint density at radius 1 is 1.47 bits per heavy atom. The molecular formula is C12H12ClNO5. The minimum atomic E-state index is -1.06. The van der Waals surface area contributed by atoms with Crippen LogP contribution in [0.15, 0.2) is 17.3 Å². The third-order valence-corrected chi connectivity index (χ3v) is 3.12. The Hall–Kier alpha value is -1.95. The molecule has 0 spiro atoms. The first-order valence-electron chi connectivity index (χ1n) is 5.44. The average molecular weight is 286 g/mol. The predicted molar refractivity (Wildman–Crippen MR) is 68.2 cm³/mol. The smallest absolute Gasteiger partial charge is 0.348 e. The normalized spacial score (nSPS) is 17.6. The van der Waals surface area contributed by atoms with Crippen molar-refractivity contribution in [1.82, 2.24) is 0 Å². The van der Waals surface area contributed by atoms with Gasteiger partial charge in [-0.3, -0.25) is 0 Å². The molecule has 1 aliphatic rings.